The van der Waals surface area contributed by atoms with Gasteiger partial charge in [-0.15, -0.1) is 0 Å². The van der Waals surface area contributed by atoms with Gasteiger partial charge in [-0.1, -0.05) is 25.4 Å². The summed E-state index contributed by atoms with van der Waals surface area (Å²) in [5.74, 6) is 0.269. The third-order valence-corrected chi connectivity index (χ3v) is 2.64. The van der Waals surface area contributed by atoms with Crippen molar-refractivity contribution in [3.8, 4) is 0 Å². The molecule has 1 rings (SSSR count). The summed E-state index contributed by atoms with van der Waals surface area (Å²) in [5.41, 5.74) is 1.00. The van der Waals surface area contributed by atoms with E-state index in [1.54, 1.807) is 12.4 Å². The Morgan fingerprint density at radius 1 is 1.53 bits per heavy atom. The molecule has 2 N–H and O–H groups in total. The van der Waals surface area contributed by atoms with E-state index in [1.807, 2.05) is 19.9 Å². The summed E-state index contributed by atoms with van der Waals surface area (Å²) in [5, 5.41) is 13.4. The molecule has 1 heterocycles. The molecule has 0 aliphatic rings. The van der Waals surface area contributed by atoms with E-state index in [-0.39, 0.29) is 12.0 Å². The van der Waals surface area contributed by atoms with Crippen molar-refractivity contribution in [2.24, 2.45) is 5.92 Å². The van der Waals surface area contributed by atoms with E-state index >= 15 is 0 Å². The molecule has 1 atom stereocenters. The maximum atomic E-state index is 9.57. The van der Waals surface area contributed by atoms with Gasteiger partial charge in [-0.3, -0.25) is 4.98 Å². The highest BCUT2D eigenvalue weighted by Crippen LogP contribution is 2.12. The molecule has 0 aromatic carbocycles. The van der Waals surface area contributed by atoms with E-state index in [9.17, 15) is 5.11 Å². The third-order valence-electron chi connectivity index (χ3n) is 2.29. The molecule has 0 fully saturated rings. The van der Waals surface area contributed by atoms with Gasteiger partial charge in [0.1, 0.15) is 0 Å². The predicted octanol–water partition coefficient (Wildman–Crippen LogP) is 1.84. The van der Waals surface area contributed by atoms with Crippen LogP contribution in [0.2, 0.25) is 5.02 Å². The van der Waals surface area contributed by atoms with Gasteiger partial charge in [0.25, 0.3) is 0 Å². The summed E-state index contributed by atoms with van der Waals surface area (Å²) < 4.78 is 0. The second-order valence-electron chi connectivity index (χ2n) is 3.91. The van der Waals surface area contributed by atoms with E-state index in [1.165, 1.54) is 0 Å². The average molecular weight is 229 g/mol. The Labute approximate surface area is 95.5 Å². The maximum Gasteiger partial charge on any atom is 0.0687 e. The molecule has 84 valence electrons. The zero-order valence-electron chi connectivity index (χ0n) is 9.07. The molecule has 0 aliphatic heterocycles. The third kappa shape index (κ3) is 4.16. The molecule has 0 bridgehead atoms. The molecule has 1 unspecified atom stereocenters. The van der Waals surface area contributed by atoms with Crippen LogP contribution in [0, 0.1) is 5.92 Å². The van der Waals surface area contributed by atoms with Gasteiger partial charge in [-0.25, -0.2) is 0 Å². The predicted molar refractivity (Wildman–Crippen MR) is 61.8 cm³/mol. The van der Waals surface area contributed by atoms with Crippen molar-refractivity contribution in [3.63, 3.8) is 0 Å². The fraction of sp³-hybridized carbons (Fsp3) is 0.545. The van der Waals surface area contributed by atoms with E-state index in [2.05, 4.69) is 10.3 Å². The molecule has 15 heavy (non-hydrogen) atoms. The van der Waals surface area contributed by atoms with Gasteiger partial charge >= 0.3 is 0 Å². The van der Waals surface area contributed by atoms with Crippen LogP contribution in [-0.2, 0) is 6.54 Å². The van der Waals surface area contributed by atoms with Gasteiger partial charge in [0.05, 0.1) is 11.1 Å². The van der Waals surface area contributed by atoms with Crippen LogP contribution in [0.4, 0.5) is 0 Å². The van der Waals surface area contributed by atoms with Crippen molar-refractivity contribution < 1.29 is 5.11 Å². The van der Waals surface area contributed by atoms with E-state index < -0.39 is 0 Å². The van der Waals surface area contributed by atoms with Crippen LogP contribution in [0.25, 0.3) is 0 Å². The van der Waals surface area contributed by atoms with Gasteiger partial charge < -0.3 is 10.4 Å². The maximum absolute atomic E-state index is 9.57. The number of nitrogens with one attached hydrogen (secondary N) is 1. The van der Waals surface area contributed by atoms with Crippen molar-refractivity contribution in [3.05, 3.63) is 29.0 Å². The molecular formula is C11H17ClN2O. The fourth-order valence-corrected chi connectivity index (χ4v) is 1.32. The number of aromatic nitrogens is 1. The van der Waals surface area contributed by atoms with E-state index in [0.29, 0.717) is 18.1 Å². The summed E-state index contributed by atoms with van der Waals surface area (Å²) in [6, 6.07) is 1.87. The Morgan fingerprint density at radius 3 is 2.87 bits per heavy atom. The van der Waals surface area contributed by atoms with Crippen molar-refractivity contribution in [1.29, 1.82) is 0 Å². The van der Waals surface area contributed by atoms with Crippen LogP contribution >= 0.6 is 11.6 Å². The highest BCUT2D eigenvalue weighted by molar-refractivity contribution is 6.31. The standard InChI is InChI=1S/C11H17ClN2O/c1-8(2)11(15)7-14-5-9-3-4-13-6-10(9)12/h3-4,6,8,11,14-15H,5,7H2,1-2H3. The van der Waals surface area contributed by atoms with Crippen LogP contribution < -0.4 is 5.32 Å². The zero-order chi connectivity index (χ0) is 11.3. The van der Waals surface area contributed by atoms with Gasteiger partial charge in [0.2, 0.25) is 0 Å². The van der Waals surface area contributed by atoms with Crippen LogP contribution in [0.5, 0.6) is 0 Å². The first-order valence-corrected chi connectivity index (χ1v) is 5.46. The Bertz CT molecular complexity index is 304. The lowest BCUT2D eigenvalue weighted by atomic mass is 10.1. The van der Waals surface area contributed by atoms with Crippen molar-refractivity contribution in [2.45, 2.75) is 26.5 Å². The van der Waals surface area contributed by atoms with Gasteiger partial charge in [0.15, 0.2) is 0 Å². The normalized spacial score (nSPS) is 13.1. The van der Waals surface area contributed by atoms with Crippen molar-refractivity contribution in [2.75, 3.05) is 6.54 Å². The first-order valence-electron chi connectivity index (χ1n) is 5.08. The highest BCUT2D eigenvalue weighted by Gasteiger charge is 2.08. The van der Waals surface area contributed by atoms with Crippen molar-refractivity contribution in [1.82, 2.24) is 10.3 Å². The number of aliphatic hydroxyl groups excluding tert-OH is 1. The molecule has 4 heteroatoms. The van der Waals surface area contributed by atoms with Crippen molar-refractivity contribution >= 4 is 11.6 Å². The van der Waals surface area contributed by atoms with Gasteiger partial charge in [-0.05, 0) is 17.5 Å². The number of pyridine rings is 1. The van der Waals surface area contributed by atoms with Gasteiger partial charge in [-0.2, -0.15) is 0 Å². The highest BCUT2D eigenvalue weighted by atomic mass is 35.5. The second kappa shape index (κ2) is 6.05. The Hall–Kier alpha value is -0.640. The van der Waals surface area contributed by atoms with Crippen LogP contribution in [0.15, 0.2) is 18.5 Å². The lowest BCUT2D eigenvalue weighted by molar-refractivity contribution is 0.123. The molecule has 0 saturated heterocycles. The number of nitrogens with zero attached hydrogens (tertiary/aromatic N) is 1. The summed E-state index contributed by atoms with van der Waals surface area (Å²) in [4.78, 5) is 3.91. The first kappa shape index (κ1) is 12.4. The smallest absolute Gasteiger partial charge is 0.0687 e. The van der Waals surface area contributed by atoms with E-state index in [0.717, 1.165) is 5.56 Å². The first-order chi connectivity index (χ1) is 7.11. The lowest BCUT2D eigenvalue weighted by Gasteiger charge is -2.15. The number of halogens is 1. The average Bonchev–Trinajstić information content (AvgIpc) is 2.20. The Morgan fingerprint density at radius 2 is 2.27 bits per heavy atom. The minimum Gasteiger partial charge on any atom is -0.392 e. The van der Waals surface area contributed by atoms with Crippen LogP contribution in [-0.4, -0.2) is 22.7 Å². The summed E-state index contributed by atoms with van der Waals surface area (Å²) in [6.45, 7) is 5.22. The molecule has 0 aliphatic carbocycles. The Balaban J connectivity index is 2.35. The second-order valence-corrected chi connectivity index (χ2v) is 4.32. The number of hydrogen-bond donors (Lipinski definition) is 2. The topological polar surface area (TPSA) is 45.1 Å². The molecule has 1 aromatic rings. The largest absolute Gasteiger partial charge is 0.392 e. The van der Waals surface area contributed by atoms with E-state index in [4.69, 9.17) is 11.6 Å². The summed E-state index contributed by atoms with van der Waals surface area (Å²) >= 11 is 5.94. The lowest BCUT2D eigenvalue weighted by Crippen LogP contribution is -2.30. The molecule has 1 aromatic heterocycles. The number of rotatable bonds is 5. The monoisotopic (exact) mass is 228 g/mol. The number of hydrogen-bond acceptors (Lipinski definition) is 3. The number of aliphatic hydroxyl groups is 1. The minimum absolute atomic E-state index is 0.269. The quantitative estimate of drug-likeness (QED) is 0.809. The minimum atomic E-state index is -0.314. The van der Waals surface area contributed by atoms with Crippen LogP contribution in [0.1, 0.15) is 19.4 Å². The Kier molecular flexibility index (Phi) is 5.02. The zero-order valence-corrected chi connectivity index (χ0v) is 9.83. The summed E-state index contributed by atoms with van der Waals surface area (Å²) in [7, 11) is 0. The molecule has 0 saturated carbocycles. The van der Waals surface area contributed by atoms with Crippen LogP contribution in [0.3, 0.4) is 0 Å². The molecule has 3 nitrogen and oxygen atoms in total. The fourth-order valence-electron chi connectivity index (χ4n) is 1.14. The molecule has 0 spiro atoms. The SMILES string of the molecule is CC(C)C(O)CNCc1ccncc1Cl. The van der Waals surface area contributed by atoms with Gasteiger partial charge in [0, 0.05) is 25.5 Å². The molecule has 0 amide bonds. The molecular weight excluding hydrogens is 212 g/mol. The molecule has 0 radical (unpaired) electrons. The summed E-state index contributed by atoms with van der Waals surface area (Å²) in [6.07, 6.45) is 3.02.